The minimum absolute atomic E-state index is 0.0813. The van der Waals surface area contributed by atoms with Gasteiger partial charge in [-0.2, -0.15) is 5.90 Å². The summed E-state index contributed by atoms with van der Waals surface area (Å²) in [6, 6.07) is 6.53. The number of aryl methyl sites for hydroxylation is 1. The molecule has 0 aliphatic carbocycles. The van der Waals surface area contributed by atoms with Crippen LogP contribution in [0.2, 0.25) is 0 Å². The molecule has 0 bridgehead atoms. The van der Waals surface area contributed by atoms with E-state index >= 15 is 0 Å². The van der Waals surface area contributed by atoms with Gasteiger partial charge in [-0.1, -0.05) is 63.7 Å². The van der Waals surface area contributed by atoms with E-state index in [1.54, 1.807) is 0 Å². The molecule has 1 unspecified atom stereocenters. The molecular formula is C60H114NO25S+2. The predicted molar refractivity (Wildman–Crippen MR) is 323 cm³/mol. The van der Waals surface area contributed by atoms with Gasteiger partial charge < -0.3 is 99.5 Å². The molecule has 0 aliphatic rings. The maximum Gasteiger partial charge on any atom is 0.597 e. The lowest BCUT2D eigenvalue weighted by atomic mass is 10.0. The summed E-state index contributed by atoms with van der Waals surface area (Å²) < 4.78 is 146. The molecule has 0 spiro atoms. The summed E-state index contributed by atoms with van der Waals surface area (Å²) in [5.41, 5.74) is 2.49. The van der Waals surface area contributed by atoms with Crippen molar-refractivity contribution in [2.24, 2.45) is 0 Å². The third kappa shape index (κ3) is 63.9. The van der Waals surface area contributed by atoms with E-state index < -0.39 is 10.8 Å². The summed E-state index contributed by atoms with van der Waals surface area (Å²) in [5.74, 6) is 3.67. The molecule has 0 amide bonds. The molecule has 513 valence electrons. The van der Waals surface area contributed by atoms with Gasteiger partial charge in [0, 0.05) is 9.77 Å². The third-order valence-corrected chi connectivity index (χ3v) is 12.4. The Morgan fingerprint density at radius 2 is 0.586 bits per heavy atom. The Balaban J connectivity index is 1.66. The van der Waals surface area contributed by atoms with E-state index in [0.717, 1.165) is 17.7 Å². The highest BCUT2D eigenvalue weighted by Gasteiger charge is 2.35. The molecule has 0 saturated heterocycles. The number of hydrogen-bond acceptors (Lipinski definition) is 24. The smallest absolute Gasteiger partial charge is 0.491 e. The normalized spacial score (nSPS) is 12.6. The van der Waals surface area contributed by atoms with Crippen LogP contribution >= 0.6 is 0 Å². The van der Waals surface area contributed by atoms with Crippen molar-refractivity contribution < 1.29 is 123 Å². The average molecular weight is 1280 g/mol. The lowest BCUT2D eigenvalue weighted by Crippen LogP contribution is -2.53. The lowest BCUT2D eigenvalue weighted by molar-refractivity contribution is -0.640. The molecule has 1 atom stereocenters. The van der Waals surface area contributed by atoms with Gasteiger partial charge in [0.25, 0.3) is 0 Å². The van der Waals surface area contributed by atoms with E-state index in [-0.39, 0.29) is 13.2 Å². The van der Waals surface area contributed by atoms with Crippen molar-refractivity contribution >= 4 is 16.9 Å². The van der Waals surface area contributed by atoms with Crippen LogP contribution in [0.1, 0.15) is 69.9 Å². The van der Waals surface area contributed by atoms with E-state index in [9.17, 15) is 8.76 Å². The van der Waals surface area contributed by atoms with Gasteiger partial charge in [0.1, 0.15) is 23.5 Å². The molecule has 0 aromatic heterocycles. The van der Waals surface area contributed by atoms with Gasteiger partial charge in [-0.15, -0.1) is 4.18 Å². The fourth-order valence-electron chi connectivity index (χ4n) is 7.20. The molecule has 0 heterocycles. The number of ether oxygens (including phenoxy) is 21. The molecule has 26 nitrogen and oxygen atoms in total. The number of quaternary nitrogens is 1. The molecule has 0 saturated carbocycles. The van der Waals surface area contributed by atoms with Crippen LogP contribution in [0.25, 0.3) is 6.08 Å². The molecule has 87 heavy (non-hydrogen) atoms. The van der Waals surface area contributed by atoms with Crippen LogP contribution in [0.15, 0.2) is 24.3 Å². The van der Waals surface area contributed by atoms with Gasteiger partial charge >= 0.3 is 10.8 Å². The zero-order valence-corrected chi connectivity index (χ0v) is 53.9. The third-order valence-electron chi connectivity index (χ3n) is 11.6. The van der Waals surface area contributed by atoms with Gasteiger partial charge in [0.05, 0.1) is 269 Å². The van der Waals surface area contributed by atoms with Crippen molar-refractivity contribution in [1.82, 2.24) is 0 Å². The summed E-state index contributed by atoms with van der Waals surface area (Å²) >= 11 is 0. The highest BCUT2D eigenvalue weighted by atomic mass is 32.3. The summed E-state index contributed by atoms with van der Waals surface area (Å²) in [6.45, 7) is 22.9. The zero-order chi connectivity index (χ0) is 62.4. The second-order valence-electron chi connectivity index (χ2n) is 18.7. The minimum Gasteiger partial charge on any atom is -0.491 e. The predicted octanol–water partition coefficient (Wildman–Crippen LogP) is 4.59. The van der Waals surface area contributed by atoms with Crippen molar-refractivity contribution in [3.8, 4) is 5.75 Å². The molecule has 1 rings (SSSR count). The molecule has 1 aromatic rings. The van der Waals surface area contributed by atoms with E-state index in [1.807, 2.05) is 6.92 Å². The van der Waals surface area contributed by atoms with Crippen molar-refractivity contribution in [1.29, 1.82) is 0 Å². The molecule has 1 radical (unpaired) electrons. The number of rotatable bonds is 75. The fourth-order valence-corrected chi connectivity index (χ4v) is 7.54. The Hall–Kier alpha value is -2.05. The first-order valence-corrected chi connectivity index (χ1v) is 32.6. The number of hydrogen-bond donors (Lipinski definition) is 1. The largest absolute Gasteiger partial charge is 0.597 e. The fraction of sp³-hybridized carbons (Fsp3) is 0.867. The van der Waals surface area contributed by atoms with E-state index in [0.29, 0.717) is 264 Å². The van der Waals surface area contributed by atoms with Gasteiger partial charge in [-0.25, -0.2) is 0 Å². The van der Waals surface area contributed by atoms with Crippen molar-refractivity contribution in [2.45, 2.75) is 65.2 Å². The van der Waals surface area contributed by atoms with E-state index in [2.05, 4.69) is 51.6 Å². The first kappa shape index (κ1) is 83.0. The number of unbranched alkanes of at least 4 members (excludes halogenated alkanes) is 6. The van der Waals surface area contributed by atoms with Gasteiger partial charge in [0.2, 0.25) is 0 Å². The van der Waals surface area contributed by atoms with Crippen molar-refractivity contribution in [2.75, 3.05) is 277 Å². The van der Waals surface area contributed by atoms with Crippen LogP contribution in [-0.2, 0) is 129 Å². The first-order valence-electron chi connectivity index (χ1n) is 31.3. The maximum atomic E-state index is 10.9. The van der Waals surface area contributed by atoms with E-state index in [1.165, 1.54) is 50.5 Å². The summed E-state index contributed by atoms with van der Waals surface area (Å²) in [5, 5.41) is 0. The van der Waals surface area contributed by atoms with Crippen molar-refractivity contribution in [3.63, 3.8) is 0 Å². The number of benzene rings is 1. The maximum absolute atomic E-state index is 10.9. The Kier molecular flexibility index (Phi) is 66.6. The summed E-state index contributed by atoms with van der Waals surface area (Å²) in [4.78, 5) is 0. The lowest BCUT2D eigenvalue weighted by Gasteiger charge is -2.12. The molecule has 0 fully saturated rings. The zero-order valence-electron chi connectivity index (χ0n) is 53.1. The highest BCUT2D eigenvalue weighted by molar-refractivity contribution is 7.88. The Labute approximate surface area is 521 Å². The Morgan fingerprint density at radius 3 is 0.839 bits per heavy atom. The van der Waals surface area contributed by atoms with Crippen LogP contribution in [-0.4, -0.2) is 277 Å². The Morgan fingerprint density at radius 1 is 0.345 bits per heavy atom. The SMILES string of the molecule is C/C=C/c1cc(CCCCCCCCC)ccc1OCCOCCOCCOCCOCCOCCOCCOCCOCCOCCOCCOCCOCCOCCOCCOCCOCCOCCOCCOCCOCCO[S+]([O])(=O)O[NH3+]. The first-order chi connectivity index (χ1) is 43.0. The quantitative estimate of drug-likeness (QED) is 0.0530. The van der Waals surface area contributed by atoms with Gasteiger partial charge in [-0.05, 0) is 37.5 Å². The molecule has 1 aromatic carbocycles. The summed E-state index contributed by atoms with van der Waals surface area (Å²) in [7, 11) is -4.04. The summed E-state index contributed by atoms with van der Waals surface area (Å²) in [6.07, 6.45) is 14.5. The van der Waals surface area contributed by atoms with Crippen LogP contribution < -0.4 is 10.6 Å². The topological polar surface area (TPSA) is 277 Å². The van der Waals surface area contributed by atoms with Gasteiger partial charge in [0.15, 0.2) is 0 Å². The monoisotopic (exact) mass is 1280 g/mol. The second kappa shape index (κ2) is 69.8. The van der Waals surface area contributed by atoms with Crippen LogP contribution in [0.4, 0.5) is 0 Å². The van der Waals surface area contributed by atoms with Crippen LogP contribution in [0.3, 0.4) is 0 Å². The molecule has 27 heteroatoms. The molecule has 3 N–H and O–H groups in total. The minimum atomic E-state index is -4.04. The van der Waals surface area contributed by atoms with E-state index in [4.69, 9.17) is 99.5 Å². The van der Waals surface area contributed by atoms with Crippen LogP contribution in [0.5, 0.6) is 5.75 Å². The highest BCUT2D eigenvalue weighted by Crippen LogP contribution is 2.23. The second-order valence-corrected chi connectivity index (χ2v) is 20.0. The standard InChI is InChI=1S/C60H114NO25S/c1-3-5-6-7-8-9-10-12-58-13-14-60(59(57-58)11-4-2)84-55-53-82-51-49-80-47-45-78-43-41-76-39-37-74-35-33-72-31-29-70-27-25-68-23-21-66-19-17-64-15-16-65-18-20-67-22-24-69-26-28-71-30-32-73-34-36-75-38-40-77-42-44-79-46-48-81-50-52-83-54-56-85-87(62,63)86-61/h4,11,13-14,57H,3,5-10,12,15-56H2,1-2,61H3/q+2/b11-4+. The number of allylic oxidation sites excluding steroid dienone is 1. The van der Waals surface area contributed by atoms with Crippen LogP contribution in [0, 0.1) is 0 Å². The average Bonchev–Trinajstić information content (AvgIpc) is 3.66. The molecule has 0 aliphatic heterocycles. The molecular weight excluding hydrogens is 1170 g/mol. The Bertz CT molecular complexity index is 1600. The van der Waals surface area contributed by atoms with Crippen molar-refractivity contribution in [3.05, 3.63) is 35.4 Å². The van der Waals surface area contributed by atoms with Gasteiger partial charge in [-0.3, -0.25) is 0 Å².